The molecule has 0 radical (unpaired) electrons. The average Bonchev–Trinajstić information content (AvgIpc) is 3.00. The van der Waals surface area contributed by atoms with E-state index in [1.54, 1.807) is 12.0 Å². The lowest BCUT2D eigenvalue weighted by atomic mass is 9.97. The molecule has 1 aromatic carbocycles. The van der Waals surface area contributed by atoms with E-state index < -0.39 is 17.9 Å². The molecule has 2 aromatic rings. The molecule has 3 aliphatic rings. The third-order valence-corrected chi connectivity index (χ3v) is 8.35. The number of aromatic nitrogens is 2. The Labute approximate surface area is 244 Å². The molecule has 2 N–H and O–H groups in total. The summed E-state index contributed by atoms with van der Waals surface area (Å²) in [4.78, 5) is 22.2. The van der Waals surface area contributed by atoms with Gasteiger partial charge in [0, 0.05) is 51.5 Å². The van der Waals surface area contributed by atoms with E-state index in [0.29, 0.717) is 39.1 Å². The first-order chi connectivity index (χ1) is 20.2. The maximum absolute atomic E-state index is 13.7. The van der Waals surface area contributed by atoms with Gasteiger partial charge in [0.2, 0.25) is 5.82 Å². The Hall–Kier alpha value is -2.80. The number of hydrogen-bond acceptors (Lipinski definition) is 8. The summed E-state index contributed by atoms with van der Waals surface area (Å²) in [6.45, 7) is 4.34. The van der Waals surface area contributed by atoms with Crippen molar-refractivity contribution in [1.82, 2.24) is 20.2 Å². The number of methoxy groups -OCH3 is 1. The Kier molecular flexibility index (Phi) is 9.97. The third-order valence-electron chi connectivity index (χ3n) is 8.35. The van der Waals surface area contributed by atoms with E-state index in [0.717, 1.165) is 31.2 Å². The van der Waals surface area contributed by atoms with Crippen molar-refractivity contribution in [3.05, 3.63) is 53.0 Å². The molecule has 0 spiro atoms. The number of rotatable bonds is 8. The van der Waals surface area contributed by atoms with Crippen LogP contribution in [-0.4, -0.2) is 85.0 Å². The molecule has 0 unspecified atom stereocenters. The quantitative estimate of drug-likeness (QED) is 0.463. The number of ether oxygens (including phenoxy) is 3. The fraction of sp³-hybridized carbons (Fsp3) is 0.633. The summed E-state index contributed by atoms with van der Waals surface area (Å²) in [5.41, 5.74) is 1.99. The lowest BCUT2D eigenvalue weighted by molar-refractivity contribution is -0.144. The Bertz CT molecular complexity index is 1190. The van der Waals surface area contributed by atoms with Crippen molar-refractivity contribution in [1.29, 1.82) is 0 Å². The number of carbonyl (C=O) groups excluding carboxylic acids is 1. The Morgan fingerprint density at radius 3 is 2.57 bits per heavy atom. The van der Waals surface area contributed by atoms with Crippen LogP contribution in [0.4, 0.5) is 19.0 Å². The van der Waals surface area contributed by atoms with Crippen molar-refractivity contribution in [3.63, 3.8) is 0 Å². The second-order valence-corrected chi connectivity index (χ2v) is 11.4. The van der Waals surface area contributed by atoms with Gasteiger partial charge in [-0.25, -0.2) is 9.97 Å². The van der Waals surface area contributed by atoms with Gasteiger partial charge in [-0.3, -0.25) is 4.79 Å². The van der Waals surface area contributed by atoms with Gasteiger partial charge in [0.25, 0.3) is 5.91 Å². The van der Waals surface area contributed by atoms with E-state index in [2.05, 4.69) is 20.6 Å². The van der Waals surface area contributed by atoms with Crippen LogP contribution in [-0.2, 0) is 20.4 Å². The van der Waals surface area contributed by atoms with E-state index in [1.165, 1.54) is 11.6 Å². The molecule has 230 valence electrons. The maximum Gasteiger partial charge on any atom is 0.451 e. The number of nitrogens with one attached hydrogen (secondary N) is 2. The first kappa shape index (κ1) is 30.7. The van der Waals surface area contributed by atoms with Crippen LogP contribution in [0.3, 0.4) is 0 Å². The van der Waals surface area contributed by atoms with Crippen LogP contribution in [0.15, 0.2) is 30.3 Å². The summed E-state index contributed by atoms with van der Waals surface area (Å²) < 4.78 is 58.4. The van der Waals surface area contributed by atoms with Crippen LogP contribution in [0.1, 0.15) is 72.1 Å². The molecule has 0 bridgehead atoms. The van der Waals surface area contributed by atoms with Crippen molar-refractivity contribution in [3.8, 4) is 0 Å². The van der Waals surface area contributed by atoms with E-state index in [4.69, 9.17) is 14.2 Å². The number of anilines is 1. The minimum Gasteiger partial charge on any atom is -0.379 e. The molecule has 1 amide bonds. The lowest BCUT2D eigenvalue weighted by Crippen LogP contribution is -2.54. The second-order valence-electron chi connectivity index (χ2n) is 11.4. The van der Waals surface area contributed by atoms with Gasteiger partial charge in [-0.15, -0.1) is 0 Å². The number of benzene rings is 1. The molecular weight excluding hydrogens is 551 g/mol. The Morgan fingerprint density at radius 2 is 1.86 bits per heavy atom. The SMILES string of the molecule is CO[C@H]1COCC[C@H]1NC1CCN(C(=O)c2cc(NC[C@H]3CCC[C@@H](c4ccc(C)cc4)O3)nc(C(F)(F)F)n2)CC1. The van der Waals surface area contributed by atoms with E-state index in [-0.39, 0.29) is 48.5 Å². The van der Waals surface area contributed by atoms with Crippen LogP contribution in [0.2, 0.25) is 0 Å². The largest absolute Gasteiger partial charge is 0.451 e. The number of nitrogens with zero attached hydrogens (tertiary/aromatic N) is 3. The molecule has 3 aliphatic heterocycles. The van der Waals surface area contributed by atoms with Gasteiger partial charge in [-0.2, -0.15) is 13.2 Å². The highest BCUT2D eigenvalue weighted by Gasteiger charge is 2.37. The number of likely N-dealkylation sites (tertiary alicyclic amines) is 1. The lowest BCUT2D eigenvalue weighted by Gasteiger charge is -2.38. The predicted molar refractivity (Wildman–Crippen MR) is 150 cm³/mol. The number of hydrogen-bond donors (Lipinski definition) is 2. The van der Waals surface area contributed by atoms with Gasteiger partial charge >= 0.3 is 6.18 Å². The number of piperidine rings is 1. The van der Waals surface area contributed by atoms with Crippen molar-refractivity contribution >= 4 is 11.7 Å². The summed E-state index contributed by atoms with van der Waals surface area (Å²) in [5, 5.41) is 6.61. The minimum absolute atomic E-state index is 0.0290. The predicted octanol–water partition coefficient (Wildman–Crippen LogP) is 4.52. The molecule has 4 atom stereocenters. The molecule has 3 fully saturated rings. The first-order valence-corrected chi connectivity index (χ1v) is 14.8. The van der Waals surface area contributed by atoms with Gasteiger partial charge in [0.15, 0.2) is 0 Å². The van der Waals surface area contributed by atoms with Crippen LogP contribution in [0.25, 0.3) is 0 Å². The highest BCUT2D eigenvalue weighted by molar-refractivity contribution is 5.93. The zero-order valence-electron chi connectivity index (χ0n) is 24.2. The Balaban J connectivity index is 1.20. The zero-order valence-corrected chi connectivity index (χ0v) is 24.2. The highest BCUT2D eigenvalue weighted by Crippen LogP contribution is 2.32. The number of alkyl halides is 3. The molecule has 9 nitrogen and oxygen atoms in total. The van der Waals surface area contributed by atoms with Crippen molar-refractivity contribution in [2.75, 3.05) is 45.3 Å². The first-order valence-electron chi connectivity index (χ1n) is 14.8. The Morgan fingerprint density at radius 1 is 1.10 bits per heavy atom. The fourth-order valence-electron chi connectivity index (χ4n) is 5.92. The number of halogens is 3. The summed E-state index contributed by atoms with van der Waals surface area (Å²) in [6, 6.07) is 9.85. The van der Waals surface area contributed by atoms with Crippen LogP contribution >= 0.6 is 0 Å². The number of carbonyl (C=O) groups is 1. The van der Waals surface area contributed by atoms with Crippen LogP contribution in [0, 0.1) is 6.92 Å². The molecule has 4 heterocycles. The van der Waals surface area contributed by atoms with E-state index >= 15 is 0 Å². The average molecular weight is 592 g/mol. The van der Waals surface area contributed by atoms with Gasteiger partial charge in [0.1, 0.15) is 11.5 Å². The fourth-order valence-corrected chi connectivity index (χ4v) is 5.92. The van der Waals surface area contributed by atoms with Gasteiger partial charge in [-0.1, -0.05) is 29.8 Å². The number of amides is 1. The van der Waals surface area contributed by atoms with Crippen LogP contribution < -0.4 is 10.6 Å². The molecular formula is C30H40F3N5O4. The van der Waals surface area contributed by atoms with Crippen molar-refractivity contribution < 1.29 is 32.2 Å². The summed E-state index contributed by atoms with van der Waals surface area (Å²) in [7, 11) is 1.67. The summed E-state index contributed by atoms with van der Waals surface area (Å²) in [6.07, 6.45) is -0.269. The standard InChI is InChI=1S/C30H40F3N5O4/c1-19-6-8-20(9-7-19)25-5-3-4-22(42-25)17-34-27-16-24(36-29(37-27)30(31,32)33)28(39)38-13-10-21(11-14-38)35-23-12-15-41-18-26(23)40-2/h6-9,16,21-23,25-26,35H,3-5,10-15,17-18H2,1-2H3,(H,34,36,37)/t22-,23-,25+,26+/m1/s1. The maximum atomic E-state index is 13.7. The van der Waals surface area contributed by atoms with E-state index in [1.807, 2.05) is 31.2 Å². The van der Waals surface area contributed by atoms with Gasteiger partial charge < -0.3 is 29.7 Å². The van der Waals surface area contributed by atoms with Gasteiger partial charge in [0.05, 0.1) is 24.9 Å². The monoisotopic (exact) mass is 591 g/mol. The summed E-state index contributed by atoms with van der Waals surface area (Å²) >= 11 is 0. The zero-order chi connectivity index (χ0) is 29.7. The van der Waals surface area contributed by atoms with Crippen molar-refractivity contribution in [2.45, 2.75) is 82.0 Å². The second kappa shape index (κ2) is 13.7. The molecule has 1 aromatic heterocycles. The highest BCUT2D eigenvalue weighted by atomic mass is 19.4. The topological polar surface area (TPSA) is 97.8 Å². The molecule has 3 saturated heterocycles. The molecule has 5 rings (SSSR count). The molecule has 12 heteroatoms. The summed E-state index contributed by atoms with van der Waals surface area (Å²) in [5.74, 6) is -1.90. The number of aryl methyl sites for hydroxylation is 1. The molecule has 42 heavy (non-hydrogen) atoms. The molecule has 0 aliphatic carbocycles. The normalized spacial score (nSPS) is 25.8. The third kappa shape index (κ3) is 7.77. The van der Waals surface area contributed by atoms with E-state index in [9.17, 15) is 18.0 Å². The van der Waals surface area contributed by atoms with Crippen molar-refractivity contribution in [2.24, 2.45) is 0 Å². The molecule has 0 saturated carbocycles. The van der Waals surface area contributed by atoms with Gasteiger partial charge in [-0.05, 0) is 51.0 Å². The minimum atomic E-state index is -4.79. The van der Waals surface area contributed by atoms with Crippen LogP contribution in [0.5, 0.6) is 0 Å². The smallest absolute Gasteiger partial charge is 0.379 e.